The van der Waals surface area contributed by atoms with Gasteiger partial charge in [0.15, 0.2) is 9.84 Å². The maximum atomic E-state index is 11.7. The van der Waals surface area contributed by atoms with Crippen molar-refractivity contribution >= 4 is 44.2 Å². The van der Waals surface area contributed by atoms with E-state index in [2.05, 4.69) is 4.18 Å². The number of hydrogen-bond donors (Lipinski definition) is 1. The lowest BCUT2D eigenvalue weighted by molar-refractivity contribution is 0.284. The van der Waals surface area contributed by atoms with E-state index in [-0.39, 0.29) is 22.3 Å². The highest BCUT2D eigenvalue weighted by Crippen LogP contribution is 2.16. The number of halogens is 2. The molecule has 0 aliphatic rings. The molecule has 0 heterocycles. The van der Waals surface area contributed by atoms with Crippen molar-refractivity contribution in [2.24, 2.45) is 0 Å². The summed E-state index contributed by atoms with van der Waals surface area (Å²) < 4.78 is 56.0. The third kappa shape index (κ3) is 8.26. The smallest absolute Gasteiger partial charge is 0.264 e. The molecule has 114 valence electrons. The van der Waals surface area contributed by atoms with Gasteiger partial charge in [0.2, 0.25) is 0 Å². The zero-order valence-electron chi connectivity index (χ0n) is 9.71. The van der Waals surface area contributed by atoms with Crippen LogP contribution in [-0.2, 0) is 24.4 Å². The highest BCUT2D eigenvalue weighted by atomic mass is 35.5. The molecule has 12 heteroatoms. The van der Waals surface area contributed by atoms with Gasteiger partial charge in [0, 0.05) is 15.8 Å². The van der Waals surface area contributed by atoms with Crippen molar-refractivity contribution in [2.75, 3.05) is 12.4 Å². The highest BCUT2D eigenvalue weighted by Gasteiger charge is 2.16. The van der Waals surface area contributed by atoms with E-state index in [1.165, 1.54) is 24.3 Å². The van der Waals surface area contributed by atoms with E-state index in [9.17, 15) is 16.8 Å². The molecule has 0 fully saturated rings. The molecule has 0 atom stereocenters. The van der Waals surface area contributed by atoms with E-state index in [1.807, 2.05) is 0 Å². The van der Waals surface area contributed by atoms with Gasteiger partial charge in [0.05, 0.1) is 17.3 Å². The monoisotopic (exact) mass is 364 g/mol. The molecule has 0 spiro atoms. The van der Waals surface area contributed by atoms with Gasteiger partial charge in [-0.25, -0.2) is 12.6 Å². The largest absolute Gasteiger partial charge is 0.397 e. The topological polar surface area (TPSA) is 145 Å². The molecule has 0 aliphatic carbocycles. The molecule has 1 N–H and O–H groups in total. The van der Waals surface area contributed by atoms with Gasteiger partial charge in [-0.1, -0.05) is 17.7 Å². The predicted octanol–water partition coefficient (Wildman–Crippen LogP) is 1.39. The SMILES string of the molecule is Cl.N#N.O=S(=O)(O)OCCS(=O)(=O)c1cccc(Cl)c1. The summed E-state index contributed by atoms with van der Waals surface area (Å²) in [5.41, 5.74) is 0. The molecule has 1 aromatic rings. The first-order valence-corrected chi connectivity index (χ1v) is 7.90. The molecule has 8 nitrogen and oxygen atoms in total. The third-order valence-electron chi connectivity index (χ3n) is 1.74. The second-order valence-corrected chi connectivity index (χ2v) is 6.66. The Bertz CT molecular complexity index is 644. The first-order chi connectivity index (χ1) is 8.71. The lowest BCUT2D eigenvalue weighted by Crippen LogP contribution is -2.15. The molecule has 0 aliphatic heterocycles. The number of nitrogens with zero attached hydrogens (tertiary/aromatic N) is 2. The Hall–Kier alpha value is -0.960. The van der Waals surface area contributed by atoms with Crippen LogP contribution in [0.3, 0.4) is 0 Å². The summed E-state index contributed by atoms with van der Waals surface area (Å²) >= 11 is 5.63. The molecular weight excluding hydrogens is 355 g/mol. The molecule has 0 bridgehead atoms. The van der Waals surface area contributed by atoms with Crippen molar-refractivity contribution in [2.45, 2.75) is 4.90 Å². The first kappa shape index (κ1) is 21.3. The Morgan fingerprint density at radius 2 is 1.75 bits per heavy atom. The molecule has 0 saturated carbocycles. The van der Waals surface area contributed by atoms with Crippen LogP contribution >= 0.6 is 24.0 Å². The predicted molar refractivity (Wildman–Crippen MR) is 71.7 cm³/mol. The fraction of sp³-hybridized carbons (Fsp3) is 0.250. The summed E-state index contributed by atoms with van der Waals surface area (Å²) in [6.07, 6.45) is 0. The van der Waals surface area contributed by atoms with Crippen molar-refractivity contribution in [3.63, 3.8) is 0 Å². The normalized spacial score (nSPS) is 10.8. The van der Waals surface area contributed by atoms with Crippen LogP contribution in [0.15, 0.2) is 29.2 Å². The maximum Gasteiger partial charge on any atom is 0.397 e. The van der Waals surface area contributed by atoms with Gasteiger partial charge in [0.25, 0.3) is 0 Å². The molecule has 0 saturated heterocycles. The minimum absolute atomic E-state index is 0. The van der Waals surface area contributed by atoms with E-state index in [1.54, 1.807) is 0 Å². The van der Waals surface area contributed by atoms with Gasteiger partial charge in [-0.2, -0.15) is 8.42 Å². The fourth-order valence-corrected chi connectivity index (χ4v) is 2.81. The van der Waals surface area contributed by atoms with Gasteiger partial charge >= 0.3 is 10.4 Å². The Balaban J connectivity index is 0. The molecule has 1 aromatic carbocycles. The standard InChI is InChI=1S/C8H9ClO6S2.ClH.N2/c9-7-2-1-3-8(6-7)16(10,11)5-4-15-17(12,13)14;;1-2/h1-3,6H,4-5H2,(H,12,13,14);1H;. The summed E-state index contributed by atoms with van der Waals surface area (Å²) in [6, 6.07) is 5.53. The van der Waals surface area contributed by atoms with Gasteiger partial charge in [-0.05, 0) is 18.2 Å². The molecule has 20 heavy (non-hydrogen) atoms. The molecular formula is C8H10Cl2N2O6S2. The number of sulfone groups is 1. The van der Waals surface area contributed by atoms with Gasteiger partial charge in [0.1, 0.15) is 0 Å². The van der Waals surface area contributed by atoms with E-state index < -0.39 is 32.6 Å². The number of rotatable bonds is 5. The minimum atomic E-state index is -4.63. The van der Waals surface area contributed by atoms with Crippen LogP contribution < -0.4 is 0 Å². The fourth-order valence-electron chi connectivity index (χ4n) is 1.03. The van der Waals surface area contributed by atoms with Crippen LogP contribution in [0.25, 0.3) is 0 Å². The second kappa shape index (κ2) is 9.06. The van der Waals surface area contributed by atoms with E-state index >= 15 is 0 Å². The van der Waals surface area contributed by atoms with Crippen molar-refractivity contribution in [1.82, 2.24) is 0 Å². The molecule has 0 amide bonds. The van der Waals surface area contributed by atoms with Crippen LogP contribution in [0.1, 0.15) is 0 Å². The quantitative estimate of drug-likeness (QED) is 0.608. The van der Waals surface area contributed by atoms with Crippen molar-refractivity contribution in [3.8, 4) is 0 Å². The van der Waals surface area contributed by atoms with Gasteiger partial charge < -0.3 is 0 Å². The number of benzene rings is 1. The summed E-state index contributed by atoms with van der Waals surface area (Å²) in [5, 5.41) is 12.3. The molecule has 0 radical (unpaired) electrons. The van der Waals surface area contributed by atoms with Crippen molar-refractivity contribution in [3.05, 3.63) is 29.3 Å². The van der Waals surface area contributed by atoms with Crippen LogP contribution in [-0.4, -0.2) is 33.7 Å². The summed E-state index contributed by atoms with van der Waals surface area (Å²) in [7, 11) is -8.32. The Morgan fingerprint density at radius 3 is 2.20 bits per heavy atom. The minimum Gasteiger partial charge on any atom is -0.264 e. The third-order valence-corrected chi connectivity index (χ3v) is 4.12. The summed E-state index contributed by atoms with van der Waals surface area (Å²) in [4.78, 5) is -0.0380. The highest BCUT2D eigenvalue weighted by molar-refractivity contribution is 7.91. The average molecular weight is 365 g/mol. The Morgan fingerprint density at radius 1 is 1.20 bits per heavy atom. The zero-order chi connectivity index (χ0) is 15.1. The van der Waals surface area contributed by atoms with Crippen molar-refractivity contribution in [1.29, 1.82) is 10.8 Å². The first-order valence-electron chi connectivity index (χ1n) is 4.51. The summed E-state index contributed by atoms with van der Waals surface area (Å²) in [5.74, 6) is -0.576. The zero-order valence-corrected chi connectivity index (χ0v) is 12.9. The lowest BCUT2D eigenvalue weighted by atomic mass is 10.4. The Kier molecular flexibility index (Phi) is 9.67. The van der Waals surface area contributed by atoms with Crippen LogP contribution in [0, 0.1) is 10.8 Å². The number of hydrogen-bond acceptors (Lipinski definition) is 7. The van der Waals surface area contributed by atoms with Crippen LogP contribution in [0.2, 0.25) is 5.02 Å². The Labute approximate surface area is 127 Å². The summed E-state index contributed by atoms with van der Waals surface area (Å²) in [6.45, 7) is -0.659. The van der Waals surface area contributed by atoms with Crippen LogP contribution in [0.5, 0.6) is 0 Å². The average Bonchev–Trinajstić information content (AvgIpc) is 2.29. The lowest BCUT2D eigenvalue weighted by Gasteiger charge is -2.04. The molecule has 1 rings (SSSR count). The van der Waals surface area contributed by atoms with E-state index in [0.29, 0.717) is 0 Å². The molecule has 0 aromatic heterocycles. The van der Waals surface area contributed by atoms with Gasteiger partial charge in [-0.3, -0.25) is 4.55 Å². The van der Waals surface area contributed by atoms with E-state index in [0.717, 1.165) is 0 Å². The van der Waals surface area contributed by atoms with Gasteiger partial charge in [-0.15, -0.1) is 12.4 Å². The second-order valence-electron chi connectivity index (χ2n) is 3.03. The van der Waals surface area contributed by atoms with Crippen LogP contribution in [0.4, 0.5) is 0 Å². The van der Waals surface area contributed by atoms with E-state index in [4.69, 9.17) is 26.9 Å². The maximum absolute atomic E-state index is 11.7. The molecule has 0 unspecified atom stereocenters. The van der Waals surface area contributed by atoms with Crippen molar-refractivity contribution < 1.29 is 25.6 Å².